The third kappa shape index (κ3) is 3.48. The van der Waals surface area contributed by atoms with Gasteiger partial charge in [0.1, 0.15) is 5.75 Å². The van der Waals surface area contributed by atoms with Crippen LogP contribution in [0.4, 0.5) is 0 Å². The lowest BCUT2D eigenvalue weighted by Gasteiger charge is -2.17. The van der Waals surface area contributed by atoms with E-state index < -0.39 is 0 Å². The Bertz CT molecular complexity index is 827. The monoisotopic (exact) mass is 327 g/mol. The second kappa shape index (κ2) is 6.86. The molecule has 1 amide bonds. The fraction of sp³-hybridized carbons (Fsp3) is 0.389. The summed E-state index contributed by atoms with van der Waals surface area (Å²) in [5.74, 6) is 0.722. The number of carbonyl (C=O) groups excluding carboxylic acids is 1. The molecule has 1 aromatic carbocycles. The second-order valence-corrected chi connectivity index (χ2v) is 6.00. The molecule has 1 aliphatic heterocycles. The van der Waals surface area contributed by atoms with Gasteiger partial charge in [0.2, 0.25) is 0 Å². The summed E-state index contributed by atoms with van der Waals surface area (Å²) in [5.41, 5.74) is 2.95. The summed E-state index contributed by atoms with van der Waals surface area (Å²) in [7, 11) is 0. The highest BCUT2D eigenvalue weighted by Crippen LogP contribution is 2.25. The number of hydrogen-bond acceptors (Lipinski definition) is 4. The molecule has 6 nitrogen and oxygen atoms in total. The first-order valence-corrected chi connectivity index (χ1v) is 8.13. The molecule has 0 saturated heterocycles. The van der Waals surface area contributed by atoms with Gasteiger partial charge in [-0.05, 0) is 56.5 Å². The average molecular weight is 327 g/mol. The Morgan fingerprint density at radius 1 is 1.33 bits per heavy atom. The van der Waals surface area contributed by atoms with Crippen molar-refractivity contribution in [3.63, 3.8) is 0 Å². The molecule has 2 heterocycles. The minimum Gasteiger partial charge on any atom is -0.493 e. The summed E-state index contributed by atoms with van der Waals surface area (Å²) < 4.78 is 7.12. The first-order chi connectivity index (χ1) is 11.5. The van der Waals surface area contributed by atoms with Crippen molar-refractivity contribution >= 4 is 5.91 Å². The fourth-order valence-electron chi connectivity index (χ4n) is 2.93. The van der Waals surface area contributed by atoms with Crippen molar-refractivity contribution in [1.29, 1.82) is 0 Å². The van der Waals surface area contributed by atoms with Crippen LogP contribution in [0.15, 0.2) is 29.1 Å². The van der Waals surface area contributed by atoms with E-state index in [1.54, 1.807) is 17.6 Å². The highest BCUT2D eigenvalue weighted by molar-refractivity contribution is 5.94. The smallest absolute Gasteiger partial charge is 0.348 e. The van der Waals surface area contributed by atoms with Gasteiger partial charge in [-0.2, -0.15) is 4.98 Å². The van der Waals surface area contributed by atoms with E-state index in [0.717, 1.165) is 36.5 Å². The molecule has 126 valence electrons. The fourth-order valence-corrected chi connectivity index (χ4v) is 2.93. The number of ether oxygens (including phenoxy) is 1. The largest absolute Gasteiger partial charge is 0.493 e. The summed E-state index contributed by atoms with van der Waals surface area (Å²) in [5, 5.41) is 2.86. The predicted octanol–water partition coefficient (Wildman–Crippen LogP) is 1.62. The van der Waals surface area contributed by atoms with Crippen molar-refractivity contribution in [2.75, 3.05) is 13.2 Å². The maximum absolute atomic E-state index is 12.3. The van der Waals surface area contributed by atoms with Gasteiger partial charge < -0.3 is 10.1 Å². The lowest BCUT2D eigenvalue weighted by molar-refractivity contribution is 0.0952. The van der Waals surface area contributed by atoms with Crippen LogP contribution in [0.2, 0.25) is 0 Å². The van der Waals surface area contributed by atoms with Crippen LogP contribution >= 0.6 is 0 Å². The van der Waals surface area contributed by atoms with E-state index in [1.165, 1.54) is 0 Å². The molecule has 0 atom stereocenters. The third-order valence-electron chi connectivity index (χ3n) is 4.14. The lowest BCUT2D eigenvalue weighted by atomic mass is 10.0. The van der Waals surface area contributed by atoms with Crippen LogP contribution in [0.25, 0.3) is 0 Å². The number of aromatic nitrogens is 2. The van der Waals surface area contributed by atoms with Gasteiger partial charge in [0.05, 0.1) is 6.61 Å². The van der Waals surface area contributed by atoms with E-state index in [4.69, 9.17) is 4.74 Å². The van der Waals surface area contributed by atoms with E-state index in [1.807, 2.05) is 25.1 Å². The van der Waals surface area contributed by atoms with Crippen molar-refractivity contribution < 1.29 is 9.53 Å². The highest BCUT2D eigenvalue weighted by atomic mass is 16.5. The maximum Gasteiger partial charge on any atom is 0.348 e. The normalized spacial score (nSPS) is 13.1. The average Bonchev–Trinajstić information content (AvgIpc) is 2.56. The van der Waals surface area contributed by atoms with E-state index in [-0.39, 0.29) is 11.6 Å². The molecule has 1 aliphatic rings. The van der Waals surface area contributed by atoms with Gasteiger partial charge in [0.15, 0.2) is 0 Å². The molecular formula is C18H21N3O3. The SMILES string of the molecule is Cc1cc(C)n(CCNC(=O)c2ccc3c(c2)CCCO3)c(=O)n1. The molecule has 1 N–H and O–H groups in total. The van der Waals surface area contributed by atoms with Crippen LogP contribution in [0.5, 0.6) is 5.75 Å². The Morgan fingerprint density at radius 3 is 2.96 bits per heavy atom. The summed E-state index contributed by atoms with van der Waals surface area (Å²) in [4.78, 5) is 28.1. The Hall–Kier alpha value is -2.63. The van der Waals surface area contributed by atoms with Crippen molar-refractivity contribution in [2.24, 2.45) is 0 Å². The molecule has 24 heavy (non-hydrogen) atoms. The molecule has 3 rings (SSSR count). The number of nitrogens with one attached hydrogen (secondary N) is 1. The van der Waals surface area contributed by atoms with E-state index >= 15 is 0 Å². The standard InChI is InChI=1S/C18H21N3O3/c1-12-10-13(2)21(18(23)20-12)8-7-19-17(22)15-5-6-16-14(11-15)4-3-9-24-16/h5-6,10-11H,3-4,7-9H2,1-2H3,(H,19,22). The number of benzene rings is 1. The molecule has 2 aromatic rings. The van der Waals surface area contributed by atoms with Crippen LogP contribution in [-0.4, -0.2) is 28.6 Å². The van der Waals surface area contributed by atoms with Crippen molar-refractivity contribution in [2.45, 2.75) is 33.2 Å². The van der Waals surface area contributed by atoms with Crippen LogP contribution in [0, 0.1) is 13.8 Å². The summed E-state index contributed by atoms with van der Waals surface area (Å²) >= 11 is 0. The summed E-state index contributed by atoms with van der Waals surface area (Å²) in [6.45, 7) is 5.16. The number of fused-ring (bicyclic) bond motifs is 1. The van der Waals surface area contributed by atoms with Gasteiger partial charge >= 0.3 is 5.69 Å². The topological polar surface area (TPSA) is 73.2 Å². The van der Waals surface area contributed by atoms with Gasteiger partial charge in [-0.3, -0.25) is 9.36 Å². The first kappa shape index (κ1) is 16.2. The van der Waals surface area contributed by atoms with Crippen molar-refractivity contribution in [3.05, 3.63) is 57.3 Å². The van der Waals surface area contributed by atoms with E-state index in [0.29, 0.717) is 24.3 Å². The van der Waals surface area contributed by atoms with E-state index in [9.17, 15) is 9.59 Å². The van der Waals surface area contributed by atoms with Gasteiger partial charge in [0, 0.05) is 30.0 Å². The van der Waals surface area contributed by atoms with Gasteiger partial charge in [-0.25, -0.2) is 4.79 Å². The molecule has 0 aliphatic carbocycles. The number of carbonyl (C=O) groups is 1. The van der Waals surface area contributed by atoms with Crippen LogP contribution in [-0.2, 0) is 13.0 Å². The number of aryl methyl sites for hydroxylation is 3. The van der Waals surface area contributed by atoms with Crippen LogP contribution in [0.1, 0.15) is 33.7 Å². The molecule has 0 fully saturated rings. The number of nitrogens with zero attached hydrogens (tertiary/aromatic N) is 2. The predicted molar refractivity (Wildman–Crippen MR) is 90.6 cm³/mol. The zero-order valence-corrected chi connectivity index (χ0v) is 14.0. The molecule has 0 radical (unpaired) electrons. The molecule has 6 heteroatoms. The quantitative estimate of drug-likeness (QED) is 0.926. The number of hydrogen-bond donors (Lipinski definition) is 1. The molecular weight excluding hydrogens is 306 g/mol. The number of amides is 1. The van der Waals surface area contributed by atoms with E-state index in [2.05, 4.69) is 10.3 Å². The van der Waals surface area contributed by atoms with Crippen LogP contribution < -0.4 is 15.7 Å². The zero-order valence-electron chi connectivity index (χ0n) is 14.0. The molecule has 0 bridgehead atoms. The Kier molecular flexibility index (Phi) is 4.64. The number of rotatable bonds is 4. The van der Waals surface area contributed by atoms with Crippen LogP contribution in [0.3, 0.4) is 0 Å². The molecule has 0 spiro atoms. The molecule has 0 unspecified atom stereocenters. The van der Waals surface area contributed by atoms with Gasteiger partial charge in [-0.1, -0.05) is 0 Å². The second-order valence-electron chi connectivity index (χ2n) is 6.00. The minimum atomic E-state index is -0.285. The zero-order chi connectivity index (χ0) is 17.1. The highest BCUT2D eigenvalue weighted by Gasteiger charge is 2.13. The maximum atomic E-state index is 12.3. The van der Waals surface area contributed by atoms with Gasteiger partial charge in [0.25, 0.3) is 5.91 Å². The third-order valence-corrected chi connectivity index (χ3v) is 4.14. The summed E-state index contributed by atoms with van der Waals surface area (Å²) in [6, 6.07) is 7.35. The Balaban J connectivity index is 1.63. The summed E-state index contributed by atoms with van der Waals surface area (Å²) in [6.07, 6.45) is 1.90. The Morgan fingerprint density at radius 2 is 2.17 bits per heavy atom. The van der Waals surface area contributed by atoms with Gasteiger partial charge in [-0.15, -0.1) is 0 Å². The minimum absolute atomic E-state index is 0.144. The van der Waals surface area contributed by atoms with Crippen molar-refractivity contribution in [3.8, 4) is 5.75 Å². The van der Waals surface area contributed by atoms with Crippen molar-refractivity contribution in [1.82, 2.24) is 14.9 Å². The molecule has 0 saturated carbocycles. The molecule has 1 aromatic heterocycles. The Labute approximate surface area is 140 Å². The first-order valence-electron chi connectivity index (χ1n) is 8.13. The lowest BCUT2D eigenvalue weighted by Crippen LogP contribution is -2.33.